The van der Waals surface area contributed by atoms with E-state index in [0.29, 0.717) is 17.1 Å². The average Bonchev–Trinajstić information content (AvgIpc) is 2.12. The molecule has 4 aliphatic carbocycles. The number of rotatable bonds is 3. The summed E-state index contributed by atoms with van der Waals surface area (Å²) in [5.74, 6) is 1.98. The fraction of sp³-hybridized carbons (Fsp3) is 1.00. The molecule has 17 heavy (non-hydrogen) atoms. The van der Waals surface area contributed by atoms with E-state index < -0.39 is 0 Å². The molecule has 0 aromatic heterocycles. The molecule has 4 saturated carbocycles. The fourth-order valence-corrected chi connectivity index (χ4v) is 5.52. The minimum Gasteiger partial charge on any atom is -0.309 e. The van der Waals surface area contributed by atoms with Gasteiger partial charge in [-0.3, -0.25) is 0 Å². The van der Waals surface area contributed by atoms with Crippen molar-refractivity contribution in [2.75, 3.05) is 14.1 Å². The van der Waals surface area contributed by atoms with Gasteiger partial charge in [0.25, 0.3) is 0 Å². The Hall–Kier alpha value is -0.0800. The second kappa shape index (κ2) is 3.71. The zero-order chi connectivity index (χ0) is 12.3. The van der Waals surface area contributed by atoms with Gasteiger partial charge in [0.15, 0.2) is 0 Å². The van der Waals surface area contributed by atoms with Gasteiger partial charge in [0.2, 0.25) is 0 Å². The quantitative estimate of drug-likeness (QED) is 0.810. The van der Waals surface area contributed by atoms with Gasteiger partial charge in [0.1, 0.15) is 0 Å². The lowest BCUT2D eigenvalue weighted by Crippen LogP contribution is -2.68. The van der Waals surface area contributed by atoms with Gasteiger partial charge >= 0.3 is 0 Å². The highest BCUT2D eigenvalue weighted by atomic mass is 15.2. The van der Waals surface area contributed by atoms with E-state index in [1.54, 1.807) is 0 Å². The van der Waals surface area contributed by atoms with Crippen LogP contribution in [0.25, 0.3) is 0 Å². The molecule has 0 aromatic rings. The summed E-state index contributed by atoms with van der Waals surface area (Å²) in [6.45, 7) is 4.61. The van der Waals surface area contributed by atoms with Gasteiger partial charge in [-0.2, -0.15) is 0 Å². The second-order valence-electron chi connectivity index (χ2n) is 7.66. The van der Waals surface area contributed by atoms with Crippen molar-refractivity contribution in [3.8, 4) is 0 Å². The first-order valence-corrected chi connectivity index (χ1v) is 7.38. The zero-order valence-electron chi connectivity index (χ0n) is 11.9. The Kier molecular flexibility index (Phi) is 2.61. The Labute approximate surface area is 106 Å². The predicted molar refractivity (Wildman–Crippen MR) is 72.1 cm³/mol. The van der Waals surface area contributed by atoms with Crippen LogP contribution in [0.4, 0.5) is 0 Å². The van der Waals surface area contributed by atoms with Crippen LogP contribution in [0.5, 0.6) is 0 Å². The fourth-order valence-electron chi connectivity index (χ4n) is 5.52. The van der Waals surface area contributed by atoms with E-state index >= 15 is 0 Å². The van der Waals surface area contributed by atoms with Crippen LogP contribution < -0.4 is 5.32 Å². The van der Waals surface area contributed by atoms with Crippen LogP contribution in [0.3, 0.4) is 0 Å². The second-order valence-corrected chi connectivity index (χ2v) is 7.66. The lowest BCUT2D eigenvalue weighted by Gasteiger charge is -2.64. The van der Waals surface area contributed by atoms with Crippen molar-refractivity contribution in [3.05, 3.63) is 0 Å². The first-order chi connectivity index (χ1) is 7.93. The van der Waals surface area contributed by atoms with Gasteiger partial charge in [-0.05, 0) is 64.5 Å². The average molecular weight is 236 g/mol. The standard InChI is InChI=1S/C15H28N2/c1-11(2)16-14-6-12-5-13(7-14)9-15(8-12,10-14)17(3)4/h11-13,16H,5-10H2,1-4H3. The molecule has 2 unspecified atom stereocenters. The summed E-state index contributed by atoms with van der Waals surface area (Å²) in [5.41, 5.74) is 0.995. The van der Waals surface area contributed by atoms with E-state index in [-0.39, 0.29) is 0 Å². The van der Waals surface area contributed by atoms with Crippen molar-refractivity contribution in [1.82, 2.24) is 10.2 Å². The van der Waals surface area contributed by atoms with E-state index in [4.69, 9.17) is 0 Å². The summed E-state index contributed by atoms with van der Waals surface area (Å²) in [7, 11) is 4.60. The lowest BCUT2D eigenvalue weighted by molar-refractivity contribution is -0.0963. The van der Waals surface area contributed by atoms with E-state index in [2.05, 4.69) is 38.2 Å². The number of hydrogen-bond donors (Lipinski definition) is 1. The van der Waals surface area contributed by atoms with E-state index in [1.165, 1.54) is 38.5 Å². The molecule has 2 heteroatoms. The molecule has 2 atom stereocenters. The van der Waals surface area contributed by atoms with Crippen molar-refractivity contribution < 1.29 is 0 Å². The maximum atomic E-state index is 3.94. The minimum atomic E-state index is 0.475. The molecule has 4 fully saturated rings. The van der Waals surface area contributed by atoms with Crippen LogP contribution in [0.1, 0.15) is 52.4 Å². The molecular formula is C15H28N2. The molecule has 0 saturated heterocycles. The third kappa shape index (κ3) is 1.84. The molecule has 0 spiro atoms. The Morgan fingerprint density at radius 2 is 1.65 bits per heavy atom. The van der Waals surface area contributed by atoms with Gasteiger partial charge in [0.05, 0.1) is 0 Å². The third-order valence-electron chi connectivity index (χ3n) is 5.57. The summed E-state index contributed by atoms with van der Waals surface area (Å²) in [6, 6.07) is 0.630. The van der Waals surface area contributed by atoms with Gasteiger partial charge in [-0.1, -0.05) is 13.8 Å². The Morgan fingerprint density at radius 1 is 1.06 bits per heavy atom. The highest BCUT2D eigenvalue weighted by Crippen LogP contribution is 2.59. The Bertz CT molecular complexity index is 289. The summed E-state index contributed by atoms with van der Waals surface area (Å²) >= 11 is 0. The largest absolute Gasteiger partial charge is 0.309 e. The van der Waals surface area contributed by atoms with Crippen LogP contribution in [-0.2, 0) is 0 Å². The molecule has 0 radical (unpaired) electrons. The van der Waals surface area contributed by atoms with Crippen LogP contribution in [-0.4, -0.2) is 36.1 Å². The first-order valence-electron chi connectivity index (χ1n) is 7.38. The Balaban J connectivity index is 1.89. The van der Waals surface area contributed by atoms with Gasteiger partial charge in [0, 0.05) is 17.1 Å². The Morgan fingerprint density at radius 3 is 2.12 bits per heavy atom. The van der Waals surface area contributed by atoms with Crippen molar-refractivity contribution in [2.24, 2.45) is 11.8 Å². The number of nitrogens with one attached hydrogen (secondary N) is 1. The van der Waals surface area contributed by atoms with Gasteiger partial charge in [-0.25, -0.2) is 0 Å². The van der Waals surface area contributed by atoms with E-state index in [1.807, 2.05) is 0 Å². The SMILES string of the molecule is CC(C)NC12CC3CC(C1)CC(N(C)C)(C3)C2. The van der Waals surface area contributed by atoms with Crippen LogP contribution in [0.2, 0.25) is 0 Å². The molecule has 0 amide bonds. The maximum Gasteiger partial charge on any atom is 0.0226 e. The van der Waals surface area contributed by atoms with Crippen molar-refractivity contribution in [3.63, 3.8) is 0 Å². The molecule has 0 aromatic carbocycles. The van der Waals surface area contributed by atoms with Crippen LogP contribution >= 0.6 is 0 Å². The molecule has 4 aliphatic rings. The van der Waals surface area contributed by atoms with E-state index in [0.717, 1.165) is 11.8 Å². The van der Waals surface area contributed by atoms with Gasteiger partial charge < -0.3 is 10.2 Å². The first kappa shape index (κ1) is 12.0. The van der Waals surface area contributed by atoms with E-state index in [9.17, 15) is 0 Å². The van der Waals surface area contributed by atoms with Crippen molar-refractivity contribution >= 4 is 0 Å². The summed E-state index contributed by atoms with van der Waals surface area (Å²) in [5, 5.41) is 3.94. The summed E-state index contributed by atoms with van der Waals surface area (Å²) in [4.78, 5) is 2.54. The van der Waals surface area contributed by atoms with Crippen LogP contribution in [0.15, 0.2) is 0 Å². The molecule has 1 N–H and O–H groups in total. The molecule has 4 rings (SSSR count). The molecular weight excluding hydrogens is 208 g/mol. The maximum absolute atomic E-state index is 3.94. The topological polar surface area (TPSA) is 15.3 Å². The highest BCUT2D eigenvalue weighted by molar-refractivity contribution is 5.15. The summed E-state index contributed by atoms with van der Waals surface area (Å²) in [6.07, 6.45) is 8.69. The molecule has 0 aliphatic heterocycles. The third-order valence-corrected chi connectivity index (χ3v) is 5.57. The summed E-state index contributed by atoms with van der Waals surface area (Å²) < 4.78 is 0. The smallest absolute Gasteiger partial charge is 0.0226 e. The van der Waals surface area contributed by atoms with Gasteiger partial charge in [-0.15, -0.1) is 0 Å². The number of hydrogen-bond acceptors (Lipinski definition) is 2. The minimum absolute atomic E-state index is 0.475. The van der Waals surface area contributed by atoms with Crippen molar-refractivity contribution in [2.45, 2.75) is 69.5 Å². The molecule has 0 heterocycles. The predicted octanol–water partition coefficient (Wildman–Crippen LogP) is 2.64. The molecule has 4 bridgehead atoms. The monoisotopic (exact) mass is 236 g/mol. The van der Waals surface area contributed by atoms with Crippen LogP contribution in [0, 0.1) is 11.8 Å². The lowest BCUT2D eigenvalue weighted by atomic mass is 9.49. The number of nitrogens with zero attached hydrogens (tertiary/aromatic N) is 1. The zero-order valence-corrected chi connectivity index (χ0v) is 11.9. The highest BCUT2D eigenvalue weighted by Gasteiger charge is 2.58. The van der Waals surface area contributed by atoms with Crippen molar-refractivity contribution in [1.29, 1.82) is 0 Å². The molecule has 2 nitrogen and oxygen atoms in total. The normalized spacial score (nSPS) is 48.4. The molecule has 98 valence electrons.